The van der Waals surface area contributed by atoms with E-state index in [4.69, 9.17) is 0 Å². The molecule has 0 radical (unpaired) electrons. The molecule has 0 aliphatic carbocycles. The molecule has 3 aromatic rings. The Morgan fingerprint density at radius 2 is 1.92 bits per heavy atom. The summed E-state index contributed by atoms with van der Waals surface area (Å²) in [5.74, 6) is -0.252. The lowest BCUT2D eigenvalue weighted by Gasteiger charge is -2.28. The largest absolute Gasteiger partial charge is 0.396 e. The Morgan fingerprint density at radius 1 is 1.12 bits per heavy atom. The van der Waals surface area contributed by atoms with Crippen molar-refractivity contribution in [2.24, 2.45) is 0 Å². The zero-order valence-corrected chi connectivity index (χ0v) is 13.7. The molecule has 0 aliphatic heterocycles. The van der Waals surface area contributed by atoms with Gasteiger partial charge in [-0.25, -0.2) is 4.39 Å². The van der Waals surface area contributed by atoms with E-state index in [0.717, 1.165) is 22.0 Å². The quantitative estimate of drug-likeness (QED) is 0.746. The second-order valence-electron chi connectivity index (χ2n) is 5.99. The van der Waals surface area contributed by atoms with Crippen molar-refractivity contribution in [3.8, 4) is 0 Å². The summed E-state index contributed by atoms with van der Waals surface area (Å²) in [6, 6.07) is 16.9. The minimum absolute atomic E-state index is 0.0678. The topological polar surface area (TPSA) is 36.4 Å². The number of hydrogen-bond acceptors (Lipinski definition) is 3. The summed E-state index contributed by atoms with van der Waals surface area (Å²) in [4.78, 5) is 6.54. The summed E-state index contributed by atoms with van der Waals surface area (Å²) < 4.78 is 13.9. The molecule has 0 spiro atoms. The molecule has 0 saturated heterocycles. The molecule has 0 aliphatic rings. The number of aliphatic hydroxyl groups excluding tert-OH is 1. The second-order valence-corrected chi connectivity index (χ2v) is 5.99. The molecule has 1 heterocycles. The standard InChI is InChI=1S/C20H21FN2O/c1-23(19(9-11-24)15-6-3-2-4-7-15)14-17-13-18(21)12-16-8-5-10-22-20(16)17/h2-8,10,12-13,19,24H,9,11,14H2,1H3. The van der Waals surface area contributed by atoms with Gasteiger partial charge in [-0.2, -0.15) is 0 Å². The molecule has 3 nitrogen and oxygen atoms in total. The molecule has 1 aromatic heterocycles. The fourth-order valence-corrected chi connectivity index (χ4v) is 3.17. The Kier molecular flexibility index (Phi) is 5.18. The summed E-state index contributed by atoms with van der Waals surface area (Å²) in [7, 11) is 1.99. The van der Waals surface area contributed by atoms with Crippen LogP contribution >= 0.6 is 0 Å². The molecule has 0 amide bonds. The highest BCUT2D eigenvalue weighted by Gasteiger charge is 2.18. The molecule has 0 fully saturated rings. The number of benzene rings is 2. The first-order chi connectivity index (χ1) is 11.7. The summed E-state index contributed by atoms with van der Waals surface area (Å²) in [5.41, 5.74) is 2.82. The maximum absolute atomic E-state index is 13.9. The lowest BCUT2D eigenvalue weighted by Crippen LogP contribution is -2.25. The zero-order valence-electron chi connectivity index (χ0n) is 13.7. The van der Waals surface area contributed by atoms with Gasteiger partial charge in [0.2, 0.25) is 0 Å². The second kappa shape index (κ2) is 7.51. The van der Waals surface area contributed by atoms with E-state index in [1.165, 1.54) is 6.07 Å². The molecular weight excluding hydrogens is 303 g/mol. The van der Waals surface area contributed by atoms with E-state index in [0.29, 0.717) is 13.0 Å². The molecule has 4 heteroatoms. The van der Waals surface area contributed by atoms with Crippen LogP contribution < -0.4 is 0 Å². The van der Waals surface area contributed by atoms with Crippen molar-refractivity contribution in [2.75, 3.05) is 13.7 Å². The van der Waals surface area contributed by atoms with Crippen LogP contribution in [0, 0.1) is 5.82 Å². The van der Waals surface area contributed by atoms with Crippen LogP contribution in [-0.4, -0.2) is 28.6 Å². The summed E-state index contributed by atoms with van der Waals surface area (Å²) in [6.45, 7) is 0.664. The summed E-state index contributed by atoms with van der Waals surface area (Å²) in [5, 5.41) is 10.2. The normalized spacial score (nSPS) is 12.7. The van der Waals surface area contributed by atoms with Crippen LogP contribution in [0.5, 0.6) is 0 Å². The zero-order chi connectivity index (χ0) is 16.9. The smallest absolute Gasteiger partial charge is 0.124 e. The molecule has 0 saturated carbocycles. The number of pyridine rings is 1. The van der Waals surface area contributed by atoms with Crippen LogP contribution in [0.25, 0.3) is 10.9 Å². The van der Waals surface area contributed by atoms with Crippen molar-refractivity contribution in [1.82, 2.24) is 9.88 Å². The van der Waals surface area contributed by atoms with Crippen LogP contribution in [-0.2, 0) is 6.54 Å². The predicted molar refractivity (Wildman–Crippen MR) is 94.1 cm³/mol. The fourth-order valence-electron chi connectivity index (χ4n) is 3.17. The molecule has 1 N–H and O–H groups in total. The molecule has 124 valence electrons. The predicted octanol–water partition coefficient (Wildman–Crippen LogP) is 3.93. The van der Waals surface area contributed by atoms with E-state index in [1.54, 1.807) is 12.3 Å². The molecule has 24 heavy (non-hydrogen) atoms. The van der Waals surface area contributed by atoms with E-state index < -0.39 is 0 Å². The lowest BCUT2D eigenvalue weighted by atomic mass is 10.0. The van der Waals surface area contributed by atoms with Crippen molar-refractivity contribution in [3.63, 3.8) is 0 Å². The lowest BCUT2D eigenvalue weighted by molar-refractivity contribution is 0.180. The first-order valence-corrected chi connectivity index (χ1v) is 8.08. The van der Waals surface area contributed by atoms with Crippen molar-refractivity contribution in [1.29, 1.82) is 0 Å². The number of rotatable bonds is 6. The number of aromatic nitrogens is 1. The van der Waals surface area contributed by atoms with Gasteiger partial charge in [-0.3, -0.25) is 9.88 Å². The van der Waals surface area contributed by atoms with Gasteiger partial charge in [-0.1, -0.05) is 36.4 Å². The minimum Gasteiger partial charge on any atom is -0.396 e. The number of fused-ring (bicyclic) bond motifs is 1. The average Bonchev–Trinajstić information content (AvgIpc) is 2.60. The Hall–Kier alpha value is -2.30. The van der Waals surface area contributed by atoms with Gasteiger partial charge in [0.1, 0.15) is 5.82 Å². The van der Waals surface area contributed by atoms with Crippen molar-refractivity contribution < 1.29 is 9.50 Å². The monoisotopic (exact) mass is 324 g/mol. The van der Waals surface area contributed by atoms with Crippen LogP contribution in [0.2, 0.25) is 0 Å². The maximum Gasteiger partial charge on any atom is 0.124 e. The summed E-state index contributed by atoms with van der Waals surface area (Å²) >= 11 is 0. The van der Waals surface area contributed by atoms with Gasteiger partial charge in [0.25, 0.3) is 0 Å². The van der Waals surface area contributed by atoms with Crippen LogP contribution in [0.1, 0.15) is 23.6 Å². The van der Waals surface area contributed by atoms with Gasteiger partial charge in [0, 0.05) is 30.8 Å². The van der Waals surface area contributed by atoms with E-state index >= 15 is 0 Å². The van der Waals surface area contributed by atoms with E-state index in [2.05, 4.69) is 22.0 Å². The maximum atomic E-state index is 13.9. The van der Waals surface area contributed by atoms with Crippen molar-refractivity contribution >= 4 is 10.9 Å². The third-order valence-corrected chi connectivity index (χ3v) is 4.29. The van der Waals surface area contributed by atoms with Gasteiger partial charge in [-0.05, 0) is 42.8 Å². The van der Waals surface area contributed by atoms with Gasteiger partial charge in [-0.15, -0.1) is 0 Å². The molecule has 1 atom stereocenters. The SMILES string of the molecule is CN(Cc1cc(F)cc2cccnc12)C(CCO)c1ccccc1. The van der Waals surface area contributed by atoms with Crippen LogP contribution in [0.15, 0.2) is 60.8 Å². The van der Waals surface area contributed by atoms with Gasteiger partial charge in [0.15, 0.2) is 0 Å². The molecular formula is C20H21FN2O. The highest BCUT2D eigenvalue weighted by Crippen LogP contribution is 2.26. The molecule has 2 aromatic carbocycles. The van der Waals surface area contributed by atoms with Crippen molar-refractivity contribution in [3.05, 3.63) is 77.7 Å². The number of nitrogens with zero attached hydrogens (tertiary/aromatic N) is 2. The molecule has 0 bridgehead atoms. The average molecular weight is 324 g/mol. The highest BCUT2D eigenvalue weighted by molar-refractivity contribution is 5.81. The van der Waals surface area contributed by atoms with Crippen LogP contribution in [0.3, 0.4) is 0 Å². The van der Waals surface area contributed by atoms with E-state index in [-0.39, 0.29) is 18.5 Å². The minimum atomic E-state index is -0.252. The highest BCUT2D eigenvalue weighted by atomic mass is 19.1. The number of halogens is 1. The third kappa shape index (κ3) is 3.61. The van der Waals surface area contributed by atoms with E-state index in [1.807, 2.05) is 37.4 Å². The van der Waals surface area contributed by atoms with Crippen LogP contribution in [0.4, 0.5) is 4.39 Å². The molecule has 1 unspecified atom stereocenters. The van der Waals surface area contributed by atoms with Gasteiger partial charge < -0.3 is 5.11 Å². The number of hydrogen-bond donors (Lipinski definition) is 1. The fraction of sp³-hybridized carbons (Fsp3) is 0.250. The van der Waals surface area contributed by atoms with E-state index in [9.17, 15) is 9.50 Å². The van der Waals surface area contributed by atoms with Gasteiger partial charge >= 0.3 is 0 Å². The first-order valence-electron chi connectivity index (χ1n) is 8.08. The molecule has 3 rings (SSSR count). The summed E-state index contributed by atoms with van der Waals surface area (Å²) in [6.07, 6.45) is 2.35. The van der Waals surface area contributed by atoms with Crippen molar-refractivity contribution in [2.45, 2.75) is 19.0 Å². The third-order valence-electron chi connectivity index (χ3n) is 4.29. The van der Waals surface area contributed by atoms with Gasteiger partial charge in [0.05, 0.1) is 5.52 Å². The number of aliphatic hydroxyl groups is 1. The first kappa shape index (κ1) is 16.6. The Labute approximate surface area is 141 Å². The Morgan fingerprint density at radius 3 is 2.67 bits per heavy atom. The Balaban J connectivity index is 1.92. The Bertz CT molecular complexity index is 807.